The molecule has 0 saturated heterocycles. The molecule has 10 heteroatoms. The molecule has 0 aliphatic rings. The normalized spacial score (nSPS) is 12.2. The van der Waals surface area contributed by atoms with Crippen molar-refractivity contribution in [2.24, 2.45) is 0 Å². The van der Waals surface area contributed by atoms with Crippen molar-refractivity contribution in [1.82, 2.24) is 5.16 Å². The molecule has 2 aromatic rings. The van der Waals surface area contributed by atoms with Crippen LogP contribution in [0.2, 0.25) is 0 Å². The van der Waals surface area contributed by atoms with Gasteiger partial charge in [-0.25, -0.2) is 0 Å². The SMILES string of the molecule is CC(F)(F)c1cc(-c2ccc(S(=O)(=O)O)s2)no1.Cl. The predicted octanol–water partition coefficient (Wildman–Crippen LogP) is 3.18. The van der Waals surface area contributed by atoms with Crippen LogP contribution in [0.25, 0.3) is 10.6 Å². The van der Waals surface area contributed by atoms with E-state index in [1.54, 1.807) is 0 Å². The van der Waals surface area contributed by atoms with E-state index in [0.29, 0.717) is 23.1 Å². The van der Waals surface area contributed by atoms with Gasteiger partial charge < -0.3 is 4.52 Å². The fraction of sp³-hybridized carbons (Fsp3) is 0.222. The lowest BCUT2D eigenvalue weighted by Crippen LogP contribution is -2.04. The number of alkyl halides is 2. The molecular weight excluding hydrogens is 324 g/mol. The van der Waals surface area contributed by atoms with E-state index in [4.69, 9.17) is 4.55 Å². The number of hydrogen-bond acceptors (Lipinski definition) is 5. The second kappa shape index (κ2) is 5.16. The van der Waals surface area contributed by atoms with Crippen molar-refractivity contribution in [2.45, 2.75) is 17.1 Å². The zero-order valence-electron chi connectivity index (χ0n) is 9.33. The van der Waals surface area contributed by atoms with E-state index in [1.807, 2.05) is 0 Å². The molecule has 0 aromatic carbocycles. The molecule has 0 unspecified atom stereocenters. The smallest absolute Gasteiger partial charge is 0.304 e. The Bertz CT molecular complexity index is 674. The molecule has 2 aromatic heterocycles. The largest absolute Gasteiger partial charge is 0.354 e. The number of hydrogen-bond donors (Lipinski definition) is 1. The first-order valence-electron chi connectivity index (χ1n) is 4.60. The summed E-state index contributed by atoms with van der Waals surface area (Å²) >= 11 is 0.712. The number of thiophene rings is 1. The van der Waals surface area contributed by atoms with Gasteiger partial charge in [0.2, 0.25) is 5.76 Å². The van der Waals surface area contributed by atoms with Crippen molar-refractivity contribution in [3.05, 3.63) is 24.0 Å². The van der Waals surface area contributed by atoms with Crippen LogP contribution in [0.15, 0.2) is 26.9 Å². The molecular formula is C9H8ClF2NO4S2. The van der Waals surface area contributed by atoms with Crippen molar-refractivity contribution < 1.29 is 26.3 Å². The summed E-state index contributed by atoms with van der Waals surface area (Å²) in [6.07, 6.45) is 0. The summed E-state index contributed by atoms with van der Waals surface area (Å²) in [7, 11) is -4.30. The van der Waals surface area contributed by atoms with Crippen LogP contribution in [0.3, 0.4) is 0 Å². The monoisotopic (exact) mass is 331 g/mol. The maximum Gasteiger partial charge on any atom is 0.304 e. The molecule has 0 spiro atoms. The number of halogens is 3. The van der Waals surface area contributed by atoms with Crippen LogP contribution >= 0.6 is 23.7 Å². The Hall–Kier alpha value is -1.03. The van der Waals surface area contributed by atoms with E-state index >= 15 is 0 Å². The molecule has 19 heavy (non-hydrogen) atoms. The van der Waals surface area contributed by atoms with Crippen LogP contribution < -0.4 is 0 Å². The Labute approximate surface area is 117 Å². The standard InChI is InChI=1S/C9H7F2NO4S2.ClH/c1-9(10,11)7-4-5(12-16-7)6-2-3-8(17-6)18(13,14)15;/h2-4H,1H3,(H,13,14,15);1H. The van der Waals surface area contributed by atoms with Crippen molar-refractivity contribution in [1.29, 1.82) is 0 Å². The van der Waals surface area contributed by atoms with E-state index in [9.17, 15) is 17.2 Å². The number of aromatic nitrogens is 1. The fourth-order valence-electron chi connectivity index (χ4n) is 1.19. The summed E-state index contributed by atoms with van der Waals surface area (Å²) in [5.74, 6) is -3.77. The van der Waals surface area contributed by atoms with Crippen LogP contribution in [0.1, 0.15) is 12.7 Å². The van der Waals surface area contributed by atoms with E-state index in [2.05, 4.69) is 9.68 Å². The first-order chi connectivity index (χ1) is 8.18. The summed E-state index contributed by atoms with van der Waals surface area (Å²) in [6.45, 7) is 0.662. The van der Waals surface area contributed by atoms with Gasteiger partial charge >= 0.3 is 16.0 Å². The summed E-state index contributed by atoms with van der Waals surface area (Å²) < 4.78 is 60.5. The topological polar surface area (TPSA) is 80.4 Å². The Balaban J connectivity index is 0.00000180. The van der Waals surface area contributed by atoms with E-state index in [-0.39, 0.29) is 22.3 Å². The zero-order valence-corrected chi connectivity index (χ0v) is 11.8. The molecule has 0 atom stereocenters. The lowest BCUT2D eigenvalue weighted by molar-refractivity contribution is -0.0105. The van der Waals surface area contributed by atoms with Gasteiger partial charge in [-0.15, -0.1) is 23.7 Å². The summed E-state index contributed by atoms with van der Waals surface area (Å²) in [6, 6.07) is 3.54. The third-order valence-electron chi connectivity index (χ3n) is 2.03. The van der Waals surface area contributed by atoms with Crippen molar-refractivity contribution in [3.63, 3.8) is 0 Å². The van der Waals surface area contributed by atoms with Gasteiger partial charge in [0.25, 0.3) is 0 Å². The molecule has 0 aliphatic heterocycles. The van der Waals surface area contributed by atoms with Gasteiger partial charge in [0.05, 0.1) is 4.88 Å². The number of nitrogens with zero attached hydrogens (tertiary/aromatic N) is 1. The molecule has 0 fully saturated rings. The maximum absolute atomic E-state index is 12.9. The number of rotatable bonds is 3. The summed E-state index contributed by atoms with van der Waals surface area (Å²) in [5, 5.41) is 3.43. The predicted molar refractivity (Wildman–Crippen MR) is 66.4 cm³/mol. The Kier molecular flexibility index (Phi) is 4.35. The molecule has 0 amide bonds. The average molecular weight is 332 g/mol. The molecule has 0 saturated carbocycles. The molecule has 1 N–H and O–H groups in total. The van der Waals surface area contributed by atoms with Gasteiger partial charge in [-0.05, 0) is 12.1 Å². The molecule has 2 heterocycles. The Morgan fingerprint density at radius 2 is 2.05 bits per heavy atom. The summed E-state index contributed by atoms with van der Waals surface area (Å²) in [5.41, 5.74) is 0.0893. The van der Waals surface area contributed by atoms with Crippen molar-refractivity contribution in [3.8, 4) is 10.6 Å². The van der Waals surface area contributed by atoms with Crippen LogP contribution in [0, 0.1) is 0 Å². The summed E-state index contributed by atoms with van der Waals surface area (Å²) in [4.78, 5) is 0.307. The van der Waals surface area contributed by atoms with Gasteiger partial charge in [-0.2, -0.15) is 17.2 Å². The molecule has 0 bridgehead atoms. The van der Waals surface area contributed by atoms with Crippen molar-refractivity contribution in [2.75, 3.05) is 0 Å². The van der Waals surface area contributed by atoms with Gasteiger partial charge in [0, 0.05) is 13.0 Å². The lowest BCUT2D eigenvalue weighted by Gasteiger charge is -2.02. The van der Waals surface area contributed by atoms with Crippen molar-refractivity contribution >= 4 is 33.9 Å². The highest BCUT2D eigenvalue weighted by Gasteiger charge is 2.30. The maximum atomic E-state index is 12.9. The third-order valence-corrected chi connectivity index (χ3v) is 4.46. The minimum Gasteiger partial charge on any atom is -0.354 e. The van der Waals surface area contributed by atoms with E-state index in [0.717, 1.165) is 12.1 Å². The third kappa shape index (κ3) is 3.50. The first-order valence-corrected chi connectivity index (χ1v) is 6.86. The van der Waals surface area contributed by atoms with Crippen LogP contribution in [-0.4, -0.2) is 18.1 Å². The molecule has 5 nitrogen and oxygen atoms in total. The quantitative estimate of drug-likeness (QED) is 0.874. The minimum atomic E-state index is -4.30. The molecule has 0 radical (unpaired) electrons. The fourth-order valence-corrected chi connectivity index (χ4v) is 2.81. The highest BCUT2D eigenvalue weighted by atomic mass is 35.5. The van der Waals surface area contributed by atoms with Gasteiger partial charge in [-0.1, -0.05) is 5.16 Å². The van der Waals surface area contributed by atoms with E-state index in [1.165, 1.54) is 6.07 Å². The lowest BCUT2D eigenvalue weighted by atomic mass is 10.2. The highest BCUT2D eigenvalue weighted by molar-refractivity contribution is 7.88. The van der Waals surface area contributed by atoms with E-state index < -0.39 is 21.8 Å². The van der Waals surface area contributed by atoms with Crippen LogP contribution in [0.5, 0.6) is 0 Å². The second-order valence-electron chi connectivity index (χ2n) is 3.56. The Morgan fingerprint density at radius 3 is 2.47 bits per heavy atom. The minimum absolute atomic E-state index is 0. The van der Waals surface area contributed by atoms with Gasteiger partial charge in [0.15, 0.2) is 0 Å². The molecule has 2 rings (SSSR count). The Morgan fingerprint density at radius 1 is 1.42 bits per heavy atom. The highest BCUT2D eigenvalue weighted by Crippen LogP contribution is 2.34. The van der Waals surface area contributed by atoms with Crippen LogP contribution in [0.4, 0.5) is 8.78 Å². The second-order valence-corrected chi connectivity index (χ2v) is 6.29. The molecule has 0 aliphatic carbocycles. The zero-order chi connectivity index (χ0) is 13.6. The molecule has 106 valence electrons. The van der Waals surface area contributed by atoms with Gasteiger partial charge in [-0.3, -0.25) is 4.55 Å². The first kappa shape index (κ1) is 16.0. The van der Waals surface area contributed by atoms with Gasteiger partial charge in [0.1, 0.15) is 9.90 Å². The average Bonchev–Trinajstić information content (AvgIpc) is 2.84. The van der Waals surface area contributed by atoms with Crippen LogP contribution in [-0.2, 0) is 16.0 Å².